The van der Waals surface area contributed by atoms with Crippen LogP contribution in [0.4, 0.5) is 0 Å². The minimum atomic E-state index is -0.137. The van der Waals surface area contributed by atoms with Crippen LogP contribution in [-0.4, -0.2) is 24.0 Å². The van der Waals surface area contributed by atoms with Crippen LogP contribution in [0, 0.1) is 0 Å². The normalized spacial score (nSPS) is 10.4. The van der Waals surface area contributed by atoms with Gasteiger partial charge in [0.15, 0.2) is 0 Å². The van der Waals surface area contributed by atoms with Crippen molar-refractivity contribution in [3.8, 4) is 0 Å². The number of nitrogens with one attached hydrogen (secondary N) is 1. The molecule has 0 unspecified atom stereocenters. The smallest absolute Gasteiger partial charge is 0.270 e. The van der Waals surface area contributed by atoms with Crippen molar-refractivity contribution in [1.29, 1.82) is 0 Å². The van der Waals surface area contributed by atoms with Crippen LogP contribution in [0.1, 0.15) is 22.7 Å². The topological polar surface area (TPSA) is 64.4 Å². The van der Waals surface area contributed by atoms with Gasteiger partial charge in [0.05, 0.1) is 11.8 Å². The summed E-state index contributed by atoms with van der Waals surface area (Å²) in [6, 6.07) is 3.69. The van der Waals surface area contributed by atoms with Crippen LogP contribution in [0.15, 0.2) is 33.7 Å². The van der Waals surface area contributed by atoms with Crippen molar-refractivity contribution in [2.45, 2.75) is 13.0 Å². The number of ether oxygens (including phenoxy) is 1. The molecule has 0 bridgehead atoms. The summed E-state index contributed by atoms with van der Waals surface area (Å²) >= 11 is 1.41. The van der Waals surface area contributed by atoms with Crippen LogP contribution in [0.2, 0.25) is 0 Å². The molecule has 0 atom stereocenters. The van der Waals surface area contributed by atoms with Gasteiger partial charge >= 0.3 is 0 Å². The summed E-state index contributed by atoms with van der Waals surface area (Å²) in [5.41, 5.74) is 2.11. The van der Waals surface area contributed by atoms with Crippen molar-refractivity contribution in [3.05, 3.63) is 40.7 Å². The lowest BCUT2D eigenvalue weighted by atomic mass is 10.4. The molecule has 18 heavy (non-hydrogen) atoms. The first-order valence-electron chi connectivity index (χ1n) is 5.63. The molecule has 0 radical (unpaired) electrons. The van der Waals surface area contributed by atoms with E-state index in [0.717, 1.165) is 12.2 Å². The zero-order valence-electron chi connectivity index (χ0n) is 9.80. The Labute approximate surface area is 109 Å². The van der Waals surface area contributed by atoms with Gasteiger partial charge in [0.25, 0.3) is 5.91 Å². The van der Waals surface area contributed by atoms with Crippen LogP contribution >= 0.6 is 11.3 Å². The Balaban J connectivity index is 1.52. The molecular weight excluding hydrogens is 252 g/mol. The van der Waals surface area contributed by atoms with Crippen molar-refractivity contribution in [2.75, 3.05) is 13.2 Å². The number of carbonyl (C=O) groups is 1. The molecule has 2 rings (SSSR count). The van der Waals surface area contributed by atoms with E-state index in [-0.39, 0.29) is 5.91 Å². The van der Waals surface area contributed by atoms with Crippen LogP contribution in [0.25, 0.3) is 0 Å². The van der Waals surface area contributed by atoms with E-state index in [0.29, 0.717) is 25.5 Å². The van der Waals surface area contributed by atoms with E-state index in [4.69, 9.17) is 9.15 Å². The summed E-state index contributed by atoms with van der Waals surface area (Å²) in [6.07, 6.45) is 2.38. The first kappa shape index (κ1) is 12.8. The second-order valence-corrected chi connectivity index (χ2v) is 4.33. The summed E-state index contributed by atoms with van der Waals surface area (Å²) in [7, 11) is 0. The lowest BCUT2D eigenvalue weighted by Gasteiger charge is -2.04. The minimum absolute atomic E-state index is 0.137. The maximum atomic E-state index is 11.5. The molecule has 96 valence electrons. The van der Waals surface area contributed by atoms with Crippen LogP contribution in [0.5, 0.6) is 0 Å². The Morgan fingerprint density at radius 3 is 3.22 bits per heavy atom. The Morgan fingerprint density at radius 2 is 2.50 bits per heavy atom. The summed E-state index contributed by atoms with van der Waals surface area (Å²) in [4.78, 5) is 15.4. The molecule has 1 N–H and O–H groups in total. The Bertz CT molecular complexity index is 454. The number of carbonyl (C=O) groups excluding carboxylic acids is 1. The lowest BCUT2D eigenvalue weighted by Crippen LogP contribution is -2.25. The number of hydrogen-bond donors (Lipinski definition) is 1. The van der Waals surface area contributed by atoms with E-state index in [1.165, 1.54) is 11.3 Å². The minimum Gasteiger partial charge on any atom is -0.467 e. The van der Waals surface area contributed by atoms with Crippen LogP contribution in [0.3, 0.4) is 0 Å². The van der Waals surface area contributed by atoms with Crippen molar-refractivity contribution in [3.63, 3.8) is 0 Å². The number of furan rings is 1. The molecule has 0 saturated carbocycles. The average Bonchev–Trinajstić information content (AvgIpc) is 3.05. The number of hydrogen-bond acceptors (Lipinski definition) is 5. The highest BCUT2D eigenvalue weighted by Gasteiger charge is 2.05. The zero-order valence-corrected chi connectivity index (χ0v) is 10.6. The SMILES string of the molecule is O=C(NCCCOCc1ccco1)c1cscn1. The molecule has 0 fully saturated rings. The summed E-state index contributed by atoms with van der Waals surface area (Å²) in [6.45, 7) is 1.62. The monoisotopic (exact) mass is 266 g/mol. The van der Waals surface area contributed by atoms with Crippen LogP contribution < -0.4 is 5.32 Å². The van der Waals surface area contributed by atoms with Gasteiger partial charge in [-0.05, 0) is 18.6 Å². The molecule has 2 aromatic heterocycles. The standard InChI is InChI=1S/C12H14N2O3S/c15-12(11-8-18-9-14-11)13-4-2-5-16-7-10-3-1-6-17-10/h1,3,6,8-9H,2,4-5,7H2,(H,13,15). The number of aromatic nitrogens is 1. The zero-order chi connectivity index (χ0) is 12.6. The summed E-state index contributed by atoms with van der Waals surface area (Å²) in [5, 5.41) is 4.51. The molecule has 5 nitrogen and oxygen atoms in total. The highest BCUT2D eigenvalue weighted by atomic mass is 32.1. The average molecular weight is 266 g/mol. The van der Waals surface area contributed by atoms with Crippen molar-refractivity contribution in [2.24, 2.45) is 0 Å². The van der Waals surface area contributed by atoms with E-state index in [2.05, 4.69) is 10.3 Å². The second kappa shape index (κ2) is 6.93. The number of rotatable bonds is 7. The molecule has 2 heterocycles. The Morgan fingerprint density at radius 1 is 1.56 bits per heavy atom. The molecule has 0 spiro atoms. The van der Waals surface area contributed by atoms with Gasteiger partial charge in [-0.2, -0.15) is 0 Å². The maximum absolute atomic E-state index is 11.5. The molecule has 0 aromatic carbocycles. The van der Waals surface area contributed by atoms with E-state index in [1.807, 2.05) is 12.1 Å². The fourth-order valence-corrected chi connectivity index (χ4v) is 1.89. The van der Waals surface area contributed by atoms with E-state index in [1.54, 1.807) is 17.2 Å². The molecular formula is C12H14N2O3S. The van der Waals surface area contributed by atoms with Crippen molar-refractivity contribution in [1.82, 2.24) is 10.3 Å². The third-order valence-electron chi connectivity index (χ3n) is 2.24. The third-order valence-corrected chi connectivity index (χ3v) is 2.83. The maximum Gasteiger partial charge on any atom is 0.270 e. The lowest BCUT2D eigenvalue weighted by molar-refractivity contribution is 0.0913. The van der Waals surface area contributed by atoms with Gasteiger partial charge in [-0.1, -0.05) is 0 Å². The second-order valence-electron chi connectivity index (χ2n) is 3.62. The number of nitrogens with zero attached hydrogens (tertiary/aromatic N) is 1. The van der Waals surface area contributed by atoms with Gasteiger partial charge < -0.3 is 14.5 Å². The van der Waals surface area contributed by atoms with Gasteiger partial charge in [-0.15, -0.1) is 11.3 Å². The van der Waals surface area contributed by atoms with E-state index < -0.39 is 0 Å². The Kier molecular flexibility index (Phi) is 4.92. The molecule has 6 heteroatoms. The Hall–Kier alpha value is -1.66. The first-order valence-corrected chi connectivity index (χ1v) is 6.57. The predicted molar refractivity (Wildman–Crippen MR) is 67.4 cm³/mol. The highest BCUT2D eigenvalue weighted by Crippen LogP contribution is 2.02. The fraction of sp³-hybridized carbons (Fsp3) is 0.333. The summed E-state index contributed by atoms with van der Waals surface area (Å²) < 4.78 is 10.5. The van der Waals surface area contributed by atoms with Crippen molar-refractivity contribution < 1.29 is 13.9 Å². The van der Waals surface area contributed by atoms with Gasteiger partial charge in [-0.25, -0.2) is 4.98 Å². The molecule has 0 aliphatic carbocycles. The van der Waals surface area contributed by atoms with E-state index in [9.17, 15) is 4.79 Å². The summed E-state index contributed by atoms with van der Waals surface area (Å²) in [5.74, 6) is 0.670. The van der Waals surface area contributed by atoms with Crippen molar-refractivity contribution >= 4 is 17.2 Å². The van der Waals surface area contributed by atoms with Crippen LogP contribution in [-0.2, 0) is 11.3 Å². The van der Waals surface area contributed by atoms with Gasteiger partial charge in [0, 0.05) is 18.5 Å². The van der Waals surface area contributed by atoms with Gasteiger partial charge in [-0.3, -0.25) is 4.79 Å². The van der Waals surface area contributed by atoms with Gasteiger partial charge in [0.1, 0.15) is 18.1 Å². The van der Waals surface area contributed by atoms with Gasteiger partial charge in [0.2, 0.25) is 0 Å². The quantitative estimate of drug-likeness (QED) is 0.779. The predicted octanol–water partition coefficient (Wildman–Crippen LogP) is 2.07. The first-order chi connectivity index (χ1) is 8.86. The number of thiazole rings is 1. The molecule has 0 saturated heterocycles. The number of amides is 1. The molecule has 2 aromatic rings. The largest absolute Gasteiger partial charge is 0.467 e. The third kappa shape index (κ3) is 3.97. The van der Waals surface area contributed by atoms with E-state index >= 15 is 0 Å². The molecule has 1 amide bonds. The molecule has 0 aliphatic heterocycles. The highest BCUT2D eigenvalue weighted by molar-refractivity contribution is 7.07. The fourth-order valence-electron chi connectivity index (χ4n) is 1.36. The molecule has 0 aliphatic rings.